The van der Waals surface area contributed by atoms with E-state index in [9.17, 15) is 14.4 Å². The van der Waals surface area contributed by atoms with Gasteiger partial charge >= 0.3 is 5.97 Å². The fourth-order valence-corrected chi connectivity index (χ4v) is 1.59. The fourth-order valence-electron chi connectivity index (χ4n) is 1.59. The average Bonchev–Trinajstić information content (AvgIpc) is 2.49. The summed E-state index contributed by atoms with van der Waals surface area (Å²) in [4.78, 5) is 35.7. The van der Waals surface area contributed by atoms with Crippen molar-refractivity contribution in [3.05, 3.63) is 24.3 Å². The average molecular weight is 322 g/mol. The summed E-state index contributed by atoms with van der Waals surface area (Å²) in [6, 6.07) is 6.44. The van der Waals surface area contributed by atoms with Crippen LogP contribution < -0.4 is 15.0 Å². The Kier molecular flexibility index (Phi) is 6.12. The molecule has 0 spiro atoms. The van der Waals surface area contributed by atoms with Crippen LogP contribution in [0, 0.1) is 5.41 Å². The number of carboxylic acids is 1. The van der Waals surface area contributed by atoms with Gasteiger partial charge in [0, 0.05) is 18.2 Å². The Morgan fingerprint density at radius 2 is 1.74 bits per heavy atom. The largest absolute Gasteiger partial charge is 0.482 e. The molecule has 0 fully saturated rings. The van der Waals surface area contributed by atoms with E-state index in [0.29, 0.717) is 11.4 Å². The van der Waals surface area contributed by atoms with Crippen molar-refractivity contribution in [3.8, 4) is 5.75 Å². The molecule has 0 aliphatic carbocycles. The number of anilines is 1. The molecule has 126 valence electrons. The van der Waals surface area contributed by atoms with E-state index in [1.165, 1.54) is 4.90 Å². The number of carbonyl (C=O) groups is 3. The Morgan fingerprint density at radius 3 is 2.22 bits per heavy atom. The molecule has 1 aromatic rings. The SMILES string of the molecule is CN(C(=O)CNC(=O)C(C)(C)C)c1ccc(OCC(=O)O)cc1. The molecule has 0 heterocycles. The van der Waals surface area contributed by atoms with Crippen molar-refractivity contribution in [2.24, 2.45) is 5.41 Å². The summed E-state index contributed by atoms with van der Waals surface area (Å²) in [5.41, 5.74) is 0.0600. The predicted molar refractivity (Wildman–Crippen MR) is 85.4 cm³/mol. The van der Waals surface area contributed by atoms with E-state index in [-0.39, 0.29) is 18.4 Å². The molecule has 0 aliphatic rings. The van der Waals surface area contributed by atoms with Crippen molar-refractivity contribution < 1.29 is 24.2 Å². The lowest BCUT2D eigenvalue weighted by Gasteiger charge is -2.21. The highest BCUT2D eigenvalue weighted by atomic mass is 16.5. The van der Waals surface area contributed by atoms with Gasteiger partial charge in [-0.25, -0.2) is 4.79 Å². The molecule has 0 saturated heterocycles. The molecule has 0 atom stereocenters. The number of hydrogen-bond acceptors (Lipinski definition) is 4. The molecule has 0 radical (unpaired) electrons. The van der Waals surface area contributed by atoms with Crippen LogP contribution in [-0.2, 0) is 14.4 Å². The third kappa shape index (κ3) is 5.98. The number of amides is 2. The second-order valence-corrected chi connectivity index (χ2v) is 6.06. The Hall–Kier alpha value is -2.57. The van der Waals surface area contributed by atoms with E-state index < -0.39 is 18.0 Å². The number of nitrogens with one attached hydrogen (secondary N) is 1. The van der Waals surface area contributed by atoms with Gasteiger partial charge in [-0.1, -0.05) is 20.8 Å². The summed E-state index contributed by atoms with van der Waals surface area (Å²) in [5.74, 6) is -1.12. The fraction of sp³-hybridized carbons (Fsp3) is 0.438. The number of likely N-dealkylation sites (N-methyl/N-ethyl adjacent to an activating group) is 1. The molecule has 2 amide bonds. The van der Waals surface area contributed by atoms with Crippen molar-refractivity contribution in [2.75, 3.05) is 25.1 Å². The molecule has 23 heavy (non-hydrogen) atoms. The van der Waals surface area contributed by atoms with Crippen LogP contribution in [0.2, 0.25) is 0 Å². The lowest BCUT2D eigenvalue weighted by molar-refractivity contribution is -0.139. The maximum absolute atomic E-state index is 12.1. The first-order chi connectivity index (χ1) is 10.6. The summed E-state index contributed by atoms with van der Waals surface area (Å²) >= 11 is 0. The number of carbonyl (C=O) groups excluding carboxylic acids is 2. The van der Waals surface area contributed by atoms with E-state index in [0.717, 1.165) is 0 Å². The summed E-state index contributed by atoms with van der Waals surface area (Å²) in [7, 11) is 1.60. The van der Waals surface area contributed by atoms with Crippen molar-refractivity contribution >= 4 is 23.5 Å². The molecule has 0 saturated carbocycles. The highest BCUT2D eigenvalue weighted by Gasteiger charge is 2.22. The molecule has 0 bridgehead atoms. The minimum Gasteiger partial charge on any atom is -0.482 e. The van der Waals surface area contributed by atoms with E-state index in [1.54, 1.807) is 52.1 Å². The molecular formula is C16H22N2O5. The molecule has 1 rings (SSSR count). The smallest absolute Gasteiger partial charge is 0.341 e. The van der Waals surface area contributed by atoms with Gasteiger partial charge in [-0.3, -0.25) is 9.59 Å². The Labute approximate surface area is 135 Å². The number of benzene rings is 1. The zero-order valence-electron chi connectivity index (χ0n) is 13.8. The van der Waals surface area contributed by atoms with Crippen LogP contribution in [0.4, 0.5) is 5.69 Å². The van der Waals surface area contributed by atoms with Gasteiger partial charge in [-0.15, -0.1) is 0 Å². The van der Waals surface area contributed by atoms with Gasteiger partial charge in [0.25, 0.3) is 0 Å². The second kappa shape index (κ2) is 7.62. The van der Waals surface area contributed by atoms with E-state index in [4.69, 9.17) is 9.84 Å². The number of carboxylic acid groups (broad SMARTS) is 1. The number of aliphatic carboxylic acids is 1. The summed E-state index contributed by atoms with van der Waals surface area (Å²) in [6.45, 7) is 4.79. The first-order valence-electron chi connectivity index (χ1n) is 7.11. The molecule has 0 aliphatic heterocycles. The third-order valence-electron chi connectivity index (χ3n) is 3.04. The van der Waals surface area contributed by atoms with Crippen LogP contribution in [0.5, 0.6) is 5.75 Å². The molecule has 1 aromatic carbocycles. The quantitative estimate of drug-likeness (QED) is 0.822. The summed E-state index contributed by atoms with van der Waals surface area (Å²) < 4.78 is 5.02. The van der Waals surface area contributed by atoms with Crippen molar-refractivity contribution in [2.45, 2.75) is 20.8 Å². The molecule has 0 aromatic heterocycles. The minimum atomic E-state index is -1.06. The maximum Gasteiger partial charge on any atom is 0.341 e. The summed E-state index contributed by atoms with van der Waals surface area (Å²) in [5, 5.41) is 11.1. The van der Waals surface area contributed by atoms with Gasteiger partial charge in [0.2, 0.25) is 11.8 Å². The topological polar surface area (TPSA) is 95.9 Å². The monoisotopic (exact) mass is 322 g/mol. The van der Waals surface area contributed by atoms with Gasteiger partial charge < -0.3 is 20.1 Å². The minimum absolute atomic E-state index is 0.0934. The van der Waals surface area contributed by atoms with Gasteiger partial charge in [0.05, 0.1) is 6.54 Å². The van der Waals surface area contributed by atoms with E-state index in [2.05, 4.69) is 5.32 Å². The number of hydrogen-bond donors (Lipinski definition) is 2. The Balaban J connectivity index is 2.59. The van der Waals surface area contributed by atoms with Crippen molar-refractivity contribution in [1.82, 2.24) is 5.32 Å². The zero-order valence-corrected chi connectivity index (χ0v) is 13.8. The highest BCUT2D eigenvalue weighted by molar-refractivity contribution is 5.96. The second-order valence-electron chi connectivity index (χ2n) is 6.06. The van der Waals surface area contributed by atoms with Gasteiger partial charge in [0.15, 0.2) is 6.61 Å². The number of nitrogens with zero attached hydrogens (tertiary/aromatic N) is 1. The first kappa shape index (κ1) is 18.5. The Bertz CT molecular complexity index is 575. The van der Waals surface area contributed by atoms with E-state index >= 15 is 0 Å². The zero-order chi connectivity index (χ0) is 17.6. The molecule has 0 unspecified atom stereocenters. The lowest BCUT2D eigenvalue weighted by Crippen LogP contribution is -2.42. The maximum atomic E-state index is 12.1. The molecular weight excluding hydrogens is 300 g/mol. The van der Waals surface area contributed by atoms with Gasteiger partial charge in [-0.05, 0) is 24.3 Å². The number of ether oxygens (including phenoxy) is 1. The van der Waals surface area contributed by atoms with E-state index in [1.807, 2.05) is 0 Å². The van der Waals surface area contributed by atoms with Crippen molar-refractivity contribution in [1.29, 1.82) is 0 Å². The molecule has 7 heteroatoms. The van der Waals surface area contributed by atoms with Crippen LogP contribution in [0.1, 0.15) is 20.8 Å². The van der Waals surface area contributed by atoms with Crippen LogP contribution in [-0.4, -0.2) is 43.1 Å². The molecule has 2 N–H and O–H groups in total. The van der Waals surface area contributed by atoms with Crippen molar-refractivity contribution in [3.63, 3.8) is 0 Å². The third-order valence-corrected chi connectivity index (χ3v) is 3.04. The van der Waals surface area contributed by atoms with Crippen LogP contribution in [0.25, 0.3) is 0 Å². The van der Waals surface area contributed by atoms with Crippen LogP contribution in [0.3, 0.4) is 0 Å². The standard InChI is InChI=1S/C16H22N2O5/c1-16(2,3)15(22)17-9-13(19)18(4)11-5-7-12(8-6-11)23-10-14(20)21/h5-8H,9-10H2,1-4H3,(H,17,22)(H,20,21). The van der Waals surface area contributed by atoms with Gasteiger partial charge in [-0.2, -0.15) is 0 Å². The van der Waals surface area contributed by atoms with Crippen LogP contribution in [0.15, 0.2) is 24.3 Å². The molecule has 7 nitrogen and oxygen atoms in total. The Morgan fingerprint density at radius 1 is 1.17 bits per heavy atom. The highest BCUT2D eigenvalue weighted by Crippen LogP contribution is 2.18. The van der Waals surface area contributed by atoms with Crippen LogP contribution >= 0.6 is 0 Å². The summed E-state index contributed by atoms with van der Waals surface area (Å²) in [6.07, 6.45) is 0. The van der Waals surface area contributed by atoms with Gasteiger partial charge in [0.1, 0.15) is 5.75 Å². The lowest BCUT2D eigenvalue weighted by atomic mass is 9.96. The normalized spacial score (nSPS) is 10.8. The predicted octanol–water partition coefficient (Wildman–Crippen LogP) is 1.28. The number of rotatable bonds is 6. The first-order valence-corrected chi connectivity index (χ1v) is 7.11.